The lowest BCUT2D eigenvalue weighted by Crippen LogP contribution is -2.28. The second-order valence-electron chi connectivity index (χ2n) is 5.72. The van der Waals surface area contributed by atoms with Gasteiger partial charge in [0, 0.05) is 24.1 Å². The standard InChI is InChI=1S/C16H18N4O2/c1-9-5-4-6-11(7-9)16(22)17-13-12-8-10(2)15(21)18-14(12)20(3)19-13/h4-7,10H,8H2,1-3H3,(H,18,21)(H,17,19,22)/t10-/m0/s1. The number of aromatic nitrogens is 2. The highest BCUT2D eigenvalue weighted by Crippen LogP contribution is 2.31. The van der Waals surface area contributed by atoms with Crippen molar-refractivity contribution in [2.45, 2.75) is 20.3 Å². The summed E-state index contributed by atoms with van der Waals surface area (Å²) in [7, 11) is 1.75. The summed E-state index contributed by atoms with van der Waals surface area (Å²) in [5, 5.41) is 10.00. The quantitative estimate of drug-likeness (QED) is 0.891. The highest BCUT2D eigenvalue weighted by Gasteiger charge is 2.29. The number of carbonyl (C=O) groups excluding carboxylic acids is 2. The van der Waals surface area contributed by atoms with Crippen LogP contribution >= 0.6 is 0 Å². The van der Waals surface area contributed by atoms with Crippen LogP contribution in [-0.2, 0) is 18.3 Å². The van der Waals surface area contributed by atoms with Gasteiger partial charge in [0.2, 0.25) is 5.91 Å². The Balaban J connectivity index is 1.89. The number of hydrogen-bond donors (Lipinski definition) is 2. The summed E-state index contributed by atoms with van der Waals surface area (Å²) < 4.78 is 1.59. The monoisotopic (exact) mass is 298 g/mol. The molecule has 1 aromatic heterocycles. The molecule has 0 saturated carbocycles. The van der Waals surface area contributed by atoms with E-state index in [0.29, 0.717) is 23.6 Å². The summed E-state index contributed by atoms with van der Waals surface area (Å²) in [5.41, 5.74) is 2.49. The highest BCUT2D eigenvalue weighted by atomic mass is 16.2. The normalized spacial score (nSPS) is 16.9. The SMILES string of the molecule is Cc1cccc(C(=O)Nc2nn(C)c3c2C[C@H](C)C(=O)N3)c1. The Bertz CT molecular complexity index is 764. The molecule has 2 amide bonds. The third kappa shape index (κ3) is 2.47. The number of aryl methyl sites for hydroxylation is 2. The summed E-state index contributed by atoms with van der Waals surface area (Å²) in [6.45, 7) is 3.80. The molecule has 0 bridgehead atoms. The van der Waals surface area contributed by atoms with Gasteiger partial charge in [0.15, 0.2) is 5.82 Å². The molecular formula is C16H18N4O2. The maximum Gasteiger partial charge on any atom is 0.256 e. The maximum atomic E-state index is 12.4. The number of benzene rings is 1. The Kier molecular flexibility index (Phi) is 3.44. The molecule has 6 nitrogen and oxygen atoms in total. The van der Waals surface area contributed by atoms with Gasteiger partial charge in [-0.2, -0.15) is 5.10 Å². The molecule has 1 aromatic carbocycles. The van der Waals surface area contributed by atoms with Crippen molar-refractivity contribution in [3.05, 3.63) is 41.0 Å². The number of nitrogens with zero attached hydrogens (tertiary/aromatic N) is 2. The Labute approximate surface area is 128 Å². The van der Waals surface area contributed by atoms with Crippen molar-refractivity contribution < 1.29 is 9.59 Å². The zero-order chi connectivity index (χ0) is 15.9. The van der Waals surface area contributed by atoms with Crippen LogP contribution in [0.25, 0.3) is 0 Å². The molecule has 0 spiro atoms. The maximum absolute atomic E-state index is 12.4. The van der Waals surface area contributed by atoms with E-state index < -0.39 is 0 Å². The number of anilines is 2. The second kappa shape index (κ2) is 5.29. The Morgan fingerprint density at radius 3 is 2.95 bits per heavy atom. The first kappa shape index (κ1) is 14.3. The van der Waals surface area contributed by atoms with E-state index in [4.69, 9.17) is 0 Å². The number of rotatable bonds is 2. The van der Waals surface area contributed by atoms with Gasteiger partial charge in [0.25, 0.3) is 5.91 Å². The van der Waals surface area contributed by atoms with Crippen molar-refractivity contribution in [1.29, 1.82) is 0 Å². The predicted molar refractivity (Wildman–Crippen MR) is 83.8 cm³/mol. The van der Waals surface area contributed by atoms with Crippen molar-refractivity contribution >= 4 is 23.5 Å². The van der Waals surface area contributed by atoms with Gasteiger partial charge in [-0.15, -0.1) is 0 Å². The summed E-state index contributed by atoms with van der Waals surface area (Å²) in [5.74, 6) is 0.811. The van der Waals surface area contributed by atoms with Crippen LogP contribution in [-0.4, -0.2) is 21.6 Å². The Morgan fingerprint density at radius 1 is 1.45 bits per heavy atom. The van der Waals surface area contributed by atoms with Crippen molar-refractivity contribution in [3.8, 4) is 0 Å². The summed E-state index contributed by atoms with van der Waals surface area (Å²) in [6.07, 6.45) is 0.568. The minimum atomic E-state index is -0.200. The molecule has 114 valence electrons. The first-order valence-corrected chi connectivity index (χ1v) is 7.20. The molecule has 1 atom stereocenters. The predicted octanol–water partition coefficient (Wildman–Crippen LogP) is 2.11. The molecular weight excluding hydrogens is 280 g/mol. The molecule has 0 radical (unpaired) electrons. The Morgan fingerprint density at radius 2 is 2.23 bits per heavy atom. The number of amides is 2. The molecule has 6 heteroatoms. The molecule has 2 aromatic rings. The topological polar surface area (TPSA) is 76.0 Å². The molecule has 0 fully saturated rings. The van der Waals surface area contributed by atoms with Gasteiger partial charge in [-0.3, -0.25) is 14.3 Å². The van der Waals surface area contributed by atoms with Crippen LogP contribution in [0.2, 0.25) is 0 Å². The van der Waals surface area contributed by atoms with Crippen molar-refractivity contribution in [2.24, 2.45) is 13.0 Å². The van der Waals surface area contributed by atoms with Crippen LogP contribution in [0.5, 0.6) is 0 Å². The van der Waals surface area contributed by atoms with Gasteiger partial charge in [-0.05, 0) is 25.5 Å². The Hall–Kier alpha value is -2.63. The van der Waals surface area contributed by atoms with E-state index in [2.05, 4.69) is 15.7 Å². The fourth-order valence-electron chi connectivity index (χ4n) is 2.62. The van der Waals surface area contributed by atoms with Crippen molar-refractivity contribution in [2.75, 3.05) is 10.6 Å². The molecule has 2 N–H and O–H groups in total. The highest BCUT2D eigenvalue weighted by molar-refractivity contribution is 6.05. The van der Waals surface area contributed by atoms with Gasteiger partial charge in [-0.25, -0.2) is 0 Å². The molecule has 1 aliphatic rings. The summed E-state index contributed by atoms with van der Waals surface area (Å²) in [6, 6.07) is 7.38. The van der Waals surface area contributed by atoms with Crippen LogP contribution in [0, 0.1) is 12.8 Å². The van der Waals surface area contributed by atoms with E-state index in [0.717, 1.165) is 11.1 Å². The van der Waals surface area contributed by atoms with Gasteiger partial charge >= 0.3 is 0 Å². The lowest BCUT2D eigenvalue weighted by molar-refractivity contribution is -0.119. The zero-order valence-corrected chi connectivity index (χ0v) is 12.8. The summed E-state index contributed by atoms with van der Waals surface area (Å²) >= 11 is 0. The number of hydrogen-bond acceptors (Lipinski definition) is 3. The minimum Gasteiger partial charge on any atom is -0.310 e. The van der Waals surface area contributed by atoms with E-state index in [1.165, 1.54) is 0 Å². The fraction of sp³-hybridized carbons (Fsp3) is 0.312. The third-order valence-corrected chi connectivity index (χ3v) is 3.86. The largest absolute Gasteiger partial charge is 0.310 e. The average Bonchev–Trinajstić information content (AvgIpc) is 2.76. The number of fused-ring (bicyclic) bond motifs is 1. The smallest absolute Gasteiger partial charge is 0.256 e. The molecule has 2 heterocycles. The van der Waals surface area contributed by atoms with Crippen molar-refractivity contribution in [3.63, 3.8) is 0 Å². The second-order valence-corrected chi connectivity index (χ2v) is 5.72. The number of carbonyl (C=O) groups is 2. The van der Waals surface area contributed by atoms with Crippen LogP contribution in [0.15, 0.2) is 24.3 Å². The average molecular weight is 298 g/mol. The fourth-order valence-corrected chi connectivity index (χ4v) is 2.62. The summed E-state index contributed by atoms with van der Waals surface area (Å²) in [4.78, 5) is 24.1. The van der Waals surface area contributed by atoms with E-state index >= 15 is 0 Å². The van der Waals surface area contributed by atoms with Crippen LogP contribution in [0.1, 0.15) is 28.4 Å². The first-order valence-electron chi connectivity index (χ1n) is 7.20. The van der Waals surface area contributed by atoms with Gasteiger partial charge in [0.1, 0.15) is 5.82 Å². The molecule has 0 aliphatic carbocycles. The van der Waals surface area contributed by atoms with Gasteiger partial charge in [0.05, 0.1) is 0 Å². The molecule has 22 heavy (non-hydrogen) atoms. The van der Waals surface area contributed by atoms with E-state index in [1.807, 2.05) is 32.0 Å². The van der Waals surface area contributed by atoms with Crippen LogP contribution in [0.3, 0.4) is 0 Å². The van der Waals surface area contributed by atoms with Crippen LogP contribution in [0.4, 0.5) is 11.6 Å². The van der Waals surface area contributed by atoms with Crippen molar-refractivity contribution in [1.82, 2.24) is 9.78 Å². The lowest BCUT2D eigenvalue weighted by atomic mass is 9.98. The van der Waals surface area contributed by atoms with E-state index in [-0.39, 0.29) is 17.7 Å². The molecule has 0 saturated heterocycles. The lowest BCUT2D eigenvalue weighted by Gasteiger charge is -2.19. The number of nitrogens with one attached hydrogen (secondary N) is 2. The molecule has 1 aliphatic heterocycles. The van der Waals surface area contributed by atoms with E-state index in [1.54, 1.807) is 17.8 Å². The van der Waals surface area contributed by atoms with Crippen LogP contribution < -0.4 is 10.6 Å². The first-order chi connectivity index (χ1) is 10.5. The molecule has 3 rings (SSSR count). The van der Waals surface area contributed by atoms with Gasteiger partial charge < -0.3 is 10.6 Å². The van der Waals surface area contributed by atoms with Gasteiger partial charge in [-0.1, -0.05) is 24.6 Å². The molecule has 0 unspecified atom stereocenters. The minimum absolute atomic E-state index is 0.0212. The van der Waals surface area contributed by atoms with E-state index in [9.17, 15) is 9.59 Å². The zero-order valence-electron chi connectivity index (χ0n) is 12.8. The third-order valence-electron chi connectivity index (χ3n) is 3.86.